The third kappa shape index (κ3) is 4.30. The standard InChI is InChI=1S/C17H18Cl2N2O2/c1-9-6-13(20)7-10(2)16(9)21-17(22)11(3)23-15-5-4-12(18)8-14(15)19/h4-8,11H,20H2,1-3H3,(H,21,22). The molecule has 6 heteroatoms. The van der Waals surface area contributed by atoms with E-state index in [0.29, 0.717) is 21.5 Å². The molecule has 0 heterocycles. The Labute approximate surface area is 145 Å². The zero-order chi connectivity index (χ0) is 17.1. The number of aryl methyl sites for hydroxylation is 2. The van der Waals surface area contributed by atoms with Gasteiger partial charge in [-0.2, -0.15) is 0 Å². The Kier molecular flexibility index (Phi) is 5.39. The van der Waals surface area contributed by atoms with Crippen LogP contribution in [0.3, 0.4) is 0 Å². The fourth-order valence-electron chi connectivity index (χ4n) is 2.23. The fraction of sp³-hybridized carbons (Fsp3) is 0.235. The summed E-state index contributed by atoms with van der Waals surface area (Å²) in [7, 11) is 0. The van der Waals surface area contributed by atoms with Gasteiger partial charge < -0.3 is 15.8 Å². The highest BCUT2D eigenvalue weighted by Gasteiger charge is 2.18. The lowest BCUT2D eigenvalue weighted by molar-refractivity contribution is -0.122. The van der Waals surface area contributed by atoms with Crippen molar-refractivity contribution >= 4 is 40.5 Å². The summed E-state index contributed by atoms with van der Waals surface area (Å²) in [6, 6.07) is 8.47. The van der Waals surface area contributed by atoms with Crippen LogP contribution in [-0.2, 0) is 4.79 Å². The van der Waals surface area contributed by atoms with E-state index >= 15 is 0 Å². The molecule has 0 fully saturated rings. The number of halogens is 2. The summed E-state index contributed by atoms with van der Waals surface area (Å²) >= 11 is 11.9. The molecule has 4 nitrogen and oxygen atoms in total. The zero-order valence-electron chi connectivity index (χ0n) is 13.1. The third-order valence-electron chi connectivity index (χ3n) is 3.37. The van der Waals surface area contributed by atoms with E-state index in [-0.39, 0.29) is 5.91 Å². The number of rotatable bonds is 4. The van der Waals surface area contributed by atoms with E-state index in [1.807, 2.05) is 26.0 Å². The number of amides is 1. The van der Waals surface area contributed by atoms with Crippen molar-refractivity contribution in [2.24, 2.45) is 0 Å². The molecule has 1 amide bonds. The fourth-order valence-corrected chi connectivity index (χ4v) is 2.69. The molecular formula is C17H18Cl2N2O2. The topological polar surface area (TPSA) is 64.3 Å². The van der Waals surface area contributed by atoms with E-state index in [4.69, 9.17) is 33.7 Å². The molecule has 2 aromatic carbocycles. The lowest BCUT2D eigenvalue weighted by Gasteiger charge is -2.18. The maximum absolute atomic E-state index is 12.3. The summed E-state index contributed by atoms with van der Waals surface area (Å²) in [4.78, 5) is 12.3. The second-order valence-corrected chi connectivity index (χ2v) is 6.20. The quantitative estimate of drug-likeness (QED) is 0.790. The molecule has 122 valence electrons. The number of nitrogen functional groups attached to an aromatic ring is 1. The van der Waals surface area contributed by atoms with Gasteiger partial charge in [-0.25, -0.2) is 0 Å². The molecule has 2 rings (SSSR count). The number of benzene rings is 2. The first-order valence-electron chi connectivity index (χ1n) is 7.07. The van der Waals surface area contributed by atoms with E-state index < -0.39 is 6.10 Å². The molecule has 0 saturated heterocycles. The molecule has 1 atom stereocenters. The van der Waals surface area contributed by atoms with Gasteiger partial charge in [0, 0.05) is 16.4 Å². The van der Waals surface area contributed by atoms with E-state index in [1.165, 1.54) is 0 Å². The molecule has 0 aliphatic carbocycles. The van der Waals surface area contributed by atoms with Crippen LogP contribution in [0.1, 0.15) is 18.1 Å². The van der Waals surface area contributed by atoms with Crippen molar-refractivity contribution in [3.63, 3.8) is 0 Å². The smallest absolute Gasteiger partial charge is 0.265 e. The van der Waals surface area contributed by atoms with Gasteiger partial charge in [-0.05, 0) is 62.2 Å². The van der Waals surface area contributed by atoms with Crippen LogP contribution in [-0.4, -0.2) is 12.0 Å². The zero-order valence-corrected chi connectivity index (χ0v) is 14.6. The molecule has 0 aromatic heterocycles. The SMILES string of the molecule is Cc1cc(N)cc(C)c1NC(=O)C(C)Oc1ccc(Cl)cc1Cl. The first kappa shape index (κ1) is 17.4. The van der Waals surface area contributed by atoms with Gasteiger partial charge in [-0.15, -0.1) is 0 Å². The summed E-state index contributed by atoms with van der Waals surface area (Å²) < 4.78 is 5.61. The summed E-state index contributed by atoms with van der Waals surface area (Å²) in [5.41, 5.74) is 8.98. The van der Waals surface area contributed by atoms with Crippen LogP contribution < -0.4 is 15.8 Å². The van der Waals surface area contributed by atoms with Gasteiger partial charge in [-0.1, -0.05) is 23.2 Å². The lowest BCUT2D eigenvalue weighted by Crippen LogP contribution is -2.30. The Morgan fingerprint density at radius 1 is 1.17 bits per heavy atom. The maximum atomic E-state index is 12.3. The molecule has 0 radical (unpaired) electrons. The molecular weight excluding hydrogens is 335 g/mol. The summed E-state index contributed by atoms with van der Waals surface area (Å²) in [6.45, 7) is 5.43. The van der Waals surface area contributed by atoms with Crippen molar-refractivity contribution in [1.82, 2.24) is 0 Å². The van der Waals surface area contributed by atoms with Crippen LogP contribution in [0, 0.1) is 13.8 Å². The highest BCUT2D eigenvalue weighted by molar-refractivity contribution is 6.35. The molecule has 3 N–H and O–H groups in total. The summed E-state index contributed by atoms with van der Waals surface area (Å²) in [5.74, 6) is 0.136. The molecule has 0 saturated carbocycles. The number of hydrogen-bond donors (Lipinski definition) is 2. The molecule has 1 unspecified atom stereocenters. The number of anilines is 2. The van der Waals surface area contributed by atoms with Crippen molar-refractivity contribution in [1.29, 1.82) is 0 Å². The number of hydrogen-bond acceptors (Lipinski definition) is 3. The Hall–Kier alpha value is -1.91. The van der Waals surface area contributed by atoms with Crippen LogP contribution in [0.15, 0.2) is 30.3 Å². The summed E-state index contributed by atoms with van der Waals surface area (Å²) in [5, 5.41) is 3.73. The monoisotopic (exact) mass is 352 g/mol. The van der Waals surface area contributed by atoms with Crippen molar-refractivity contribution in [3.8, 4) is 5.75 Å². The maximum Gasteiger partial charge on any atom is 0.265 e. The van der Waals surface area contributed by atoms with Crippen molar-refractivity contribution in [3.05, 3.63) is 51.5 Å². The second kappa shape index (κ2) is 7.11. The first-order valence-corrected chi connectivity index (χ1v) is 7.83. The molecule has 2 aromatic rings. The predicted molar refractivity (Wildman–Crippen MR) is 95.5 cm³/mol. The predicted octanol–water partition coefficient (Wildman–Crippen LogP) is 4.60. The van der Waals surface area contributed by atoms with E-state index in [9.17, 15) is 4.79 Å². The average Bonchev–Trinajstić information content (AvgIpc) is 2.45. The molecule has 0 bridgehead atoms. The van der Waals surface area contributed by atoms with Gasteiger partial charge in [0.1, 0.15) is 5.75 Å². The Balaban J connectivity index is 2.11. The molecule has 0 aliphatic rings. The van der Waals surface area contributed by atoms with Crippen molar-refractivity contribution in [2.75, 3.05) is 11.1 Å². The second-order valence-electron chi connectivity index (χ2n) is 5.35. The van der Waals surface area contributed by atoms with Gasteiger partial charge in [-0.3, -0.25) is 4.79 Å². The normalized spacial score (nSPS) is 11.9. The highest BCUT2D eigenvalue weighted by atomic mass is 35.5. The van der Waals surface area contributed by atoms with E-state index in [0.717, 1.165) is 16.8 Å². The van der Waals surface area contributed by atoms with Gasteiger partial charge >= 0.3 is 0 Å². The minimum Gasteiger partial charge on any atom is -0.479 e. The van der Waals surface area contributed by atoms with Crippen LogP contribution in [0.5, 0.6) is 5.75 Å². The number of nitrogens with two attached hydrogens (primary N) is 1. The van der Waals surface area contributed by atoms with Gasteiger partial charge in [0.05, 0.1) is 5.02 Å². The number of carbonyl (C=O) groups excluding carboxylic acids is 1. The van der Waals surface area contributed by atoms with Gasteiger partial charge in [0.2, 0.25) is 0 Å². The number of ether oxygens (including phenoxy) is 1. The van der Waals surface area contributed by atoms with Crippen LogP contribution >= 0.6 is 23.2 Å². The molecule has 23 heavy (non-hydrogen) atoms. The Morgan fingerprint density at radius 3 is 2.35 bits per heavy atom. The Bertz CT molecular complexity index is 724. The van der Waals surface area contributed by atoms with Crippen molar-refractivity contribution in [2.45, 2.75) is 26.9 Å². The molecule has 0 spiro atoms. The minimum atomic E-state index is -0.718. The average molecular weight is 353 g/mol. The largest absolute Gasteiger partial charge is 0.479 e. The molecule has 0 aliphatic heterocycles. The van der Waals surface area contributed by atoms with Crippen molar-refractivity contribution < 1.29 is 9.53 Å². The van der Waals surface area contributed by atoms with Crippen LogP contribution in [0.2, 0.25) is 10.0 Å². The Morgan fingerprint density at radius 2 is 1.78 bits per heavy atom. The third-order valence-corrected chi connectivity index (χ3v) is 3.90. The first-order chi connectivity index (χ1) is 10.8. The van der Waals surface area contributed by atoms with Gasteiger partial charge in [0.25, 0.3) is 5.91 Å². The highest BCUT2D eigenvalue weighted by Crippen LogP contribution is 2.29. The van der Waals surface area contributed by atoms with E-state index in [1.54, 1.807) is 25.1 Å². The lowest BCUT2D eigenvalue weighted by atomic mass is 10.1. The van der Waals surface area contributed by atoms with Crippen LogP contribution in [0.4, 0.5) is 11.4 Å². The van der Waals surface area contributed by atoms with E-state index in [2.05, 4.69) is 5.32 Å². The van der Waals surface area contributed by atoms with Gasteiger partial charge in [0.15, 0.2) is 6.10 Å². The number of carbonyl (C=O) groups is 1. The number of nitrogens with one attached hydrogen (secondary N) is 1. The minimum absolute atomic E-state index is 0.271. The summed E-state index contributed by atoms with van der Waals surface area (Å²) in [6.07, 6.45) is -0.718. The van der Waals surface area contributed by atoms with Crippen LogP contribution in [0.25, 0.3) is 0 Å².